The molecular weight excluding hydrogens is 244 g/mol. The van der Waals surface area contributed by atoms with Crippen LogP contribution >= 0.6 is 0 Å². The van der Waals surface area contributed by atoms with Gasteiger partial charge in [-0.15, -0.1) is 0 Å². The van der Waals surface area contributed by atoms with E-state index in [0.717, 1.165) is 32.5 Å². The second-order valence-electron chi connectivity index (χ2n) is 5.29. The Hall–Kier alpha value is -0.610. The van der Waals surface area contributed by atoms with Crippen molar-refractivity contribution in [3.05, 3.63) is 0 Å². The van der Waals surface area contributed by atoms with Gasteiger partial charge in [-0.3, -0.25) is 4.79 Å². The Morgan fingerprint density at radius 2 is 1.68 bits per heavy atom. The average molecular weight is 272 g/mol. The highest BCUT2D eigenvalue weighted by Gasteiger charge is 2.14. The summed E-state index contributed by atoms with van der Waals surface area (Å²) in [5.74, 6) is -0.177. The van der Waals surface area contributed by atoms with Gasteiger partial charge in [0.05, 0.1) is 19.3 Å². The number of esters is 1. The van der Waals surface area contributed by atoms with Crippen LogP contribution in [0, 0.1) is 0 Å². The van der Waals surface area contributed by atoms with Crippen molar-refractivity contribution in [2.24, 2.45) is 0 Å². The molecular formula is C15H28O4. The lowest BCUT2D eigenvalue weighted by atomic mass is 10.1. The van der Waals surface area contributed by atoms with Crippen LogP contribution in [0.4, 0.5) is 0 Å². The van der Waals surface area contributed by atoms with Gasteiger partial charge in [-0.25, -0.2) is 0 Å². The van der Waals surface area contributed by atoms with Gasteiger partial charge in [0, 0.05) is 6.92 Å². The lowest BCUT2D eigenvalue weighted by Gasteiger charge is -2.11. The Morgan fingerprint density at radius 1 is 1.11 bits per heavy atom. The molecule has 112 valence electrons. The van der Waals surface area contributed by atoms with Gasteiger partial charge in [0.15, 0.2) is 6.29 Å². The van der Waals surface area contributed by atoms with Gasteiger partial charge in [-0.1, -0.05) is 25.7 Å². The number of ether oxygens (including phenoxy) is 3. The molecule has 0 amide bonds. The molecule has 0 aliphatic carbocycles. The van der Waals surface area contributed by atoms with Crippen molar-refractivity contribution in [2.75, 3.05) is 13.2 Å². The molecule has 0 spiro atoms. The zero-order valence-electron chi connectivity index (χ0n) is 12.4. The van der Waals surface area contributed by atoms with E-state index < -0.39 is 0 Å². The molecule has 4 nitrogen and oxygen atoms in total. The summed E-state index contributed by atoms with van der Waals surface area (Å²) in [6.45, 7) is 4.94. The van der Waals surface area contributed by atoms with Crippen LogP contribution in [0.1, 0.15) is 65.2 Å². The zero-order valence-corrected chi connectivity index (χ0v) is 12.4. The maximum atomic E-state index is 10.7. The SMILES string of the molecule is CC(=O)OC(C)CCCCCCCCC1OCCO1. The molecule has 0 aromatic carbocycles. The third-order valence-electron chi connectivity index (χ3n) is 3.36. The molecule has 1 atom stereocenters. The standard InChI is InChI=1S/C15H28O4/c1-13(19-14(2)16)9-7-5-3-4-6-8-10-15-17-11-12-18-15/h13,15H,3-12H2,1-2H3. The van der Waals surface area contributed by atoms with Gasteiger partial charge >= 0.3 is 5.97 Å². The molecule has 1 fully saturated rings. The summed E-state index contributed by atoms with van der Waals surface area (Å²) in [6, 6.07) is 0. The molecule has 0 saturated carbocycles. The first-order valence-corrected chi connectivity index (χ1v) is 7.59. The molecule has 0 aromatic rings. The number of unbranched alkanes of at least 4 members (excludes halogenated alkanes) is 5. The monoisotopic (exact) mass is 272 g/mol. The molecule has 1 heterocycles. The van der Waals surface area contributed by atoms with Crippen LogP contribution in [0.2, 0.25) is 0 Å². The Bertz CT molecular complexity index is 236. The second-order valence-corrected chi connectivity index (χ2v) is 5.29. The molecule has 0 aromatic heterocycles. The van der Waals surface area contributed by atoms with E-state index in [1.807, 2.05) is 6.92 Å². The molecule has 1 saturated heterocycles. The van der Waals surface area contributed by atoms with E-state index in [9.17, 15) is 4.79 Å². The largest absolute Gasteiger partial charge is 0.463 e. The Labute approximate surface area is 116 Å². The minimum absolute atomic E-state index is 0.0598. The average Bonchev–Trinajstić information content (AvgIpc) is 2.84. The predicted molar refractivity (Wildman–Crippen MR) is 73.9 cm³/mol. The van der Waals surface area contributed by atoms with Crippen molar-refractivity contribution in [1.82, 2.24) is 0 Å². The minimum atomic E-state index is -0.177. The maximum absolute atomic E-state index is 10.7. The fourth-order valence-corrected chi connectivity index (χ4v) is 2.37. The van der Waals surface area contributed by atoms with Gasteiger partial charge in [-0.2, -0.15) is 0 Å². The predicted octanol–water partition coefficient (Wildman–Crippen LogP) is 3.43. The minimum Gasteiger partial charge on any atom is -0.463 e. The summed E-state index contributed by atoms with van der Waals surface area (Å²) in [4.78, 5) is 10.7. The van der Waals surface area contributed by atoms with Crippen molar-refractivity contribution >= 4 is 5.97 Å². The third kappa shape index (κ3) is 9.00. The Balaban J connectivity index is 1.79. The first-order valence-electron chi connectivity index (χ1n) is 7.59. The number of hydrogen-bond acceptors (Lipinski definition) is 4. The number of carbonyl (C=O) groups is 1. The van der Waals surface area contributed by atoms with Gasteiger partial charge in [0.25, 0.3) is 0 Å². The van der Waals surface area contributed by atoms with Gasteiger partial charge in [0.1, 0.15) is 0 Å². The third-order valence-corrected chi connectivity index (χ3v) is 3.36. The van der Waals surface area contributed by atoms with E-state index in [2.05, 4.69) is 0 Å². The Morgan fingerprint density at radius 3 is 2.32 bits per heavy atom. The smallest absolute Gasteiger partial charge is 0.302 e. The van der Waals surface area contributed by atoms with Crippen molar-refractivity contribution in [3.8, 4) is 0 Å². The number of rotatable bonds is 10. The second kappa shape index (κ2) is 10.2. The van der Waals surface area contributed by atoms with Crippen LogP contribution in [0.3, 0.4) is 0 Å². The molecule has 1 rings (SSSR count). The van der Waals surface area contributed by atoms with E-state index >= 15 is 0 Å². The highest BCUT2D eigenvalue weighted by atomic mass is 16.7. The topological polar surface area (TPSA) is 44.8 Å². The van der Waals surface area contributed by atoms with Crippen LogP contribution in [-0.4, -0.2) is 31.6 Å². The number of carbonyl (C=O) groups excluding carboxylic acids is 1. The summed E-state index contributed by atoms with van der Waals surface area (Å²) in [6.07, 6.45) is 9.47. The van der Waals surface area contributed by atoms with E-state index in [1.165, 1.54) is 39.0 Å². The zero-order chi connectivity index (χ0) is 13.9. The van der Waals surface area contributed by atoms with Crippen molar-refractivity contribution in [1.29, 1.82) is 0 Å². The summed E-state index contributed by atoms with van der Waals surface area (Å²) in [5, 5.41) is 0. The summed E-state index contributed by atoms with van der Waals surface area (Å²) in [7, 11) is 0. The van der Waals surface area contributed by atoms with E-state index in [4.69, 9.17) is 14.2 Å². The maximum Gasteiger partial charge on any atom is 0.302 e. The van der Waals surface area contributed by atoms with Crippen molar-refractivity contribution < 1.29 is 19.0 Å². The summed E-state index contributed by atoms with van der Waals surface area (Å²) >= 11 is 0. The van der Waals surface area contributed by atoms with Gasteiger partial charge in [-0.05, 0) is 32.6 Å². The number of hydrogen-bond donors (Lipinski definition) is 0. The van der Waals surface area contributed by atoms with E-state index in [0.29, 0.717) is 0 Å². The molecule has 1 aliphatic heterocycles. The molecule has 0 N–H and O–H groups in total. The fourth-order valence-electron chi connectivity index (χ4n) is 2.37. The van der Waals surface area contributed by atoms with E-state index in [-0.39, 0.29) is 18.4 Å². The first-order chi connectivity index (χ1) is 9.18. The van der Waals surface area contributed by atoms with E-state index in [1.54, 1.807) is 0 Å². The molecule has 4 heteroatoms. The van der Waals surface area contributed by atoms with Crippen LogP contribution in [0.15, 0.2) is 0 Å². The van der Waals surface area contributed by atoms with Gasteiger partial charge < -0.3 is 14.2 Å². The quantitative estimate of drug-likeness (QED) is 0.451. The lowest BCUT2D eigenvalue weighted by Crippen LogP contribution is -2.11. The van der Waals surface area contributed by atoms with Crippen LogP contribution in [0.25, 0.3) is 0 Å². The highest BCUT2D eigenvalue weighted by Crippen LogP contribution is 2.15. The van der Waals surface area contributed by atoms with Crippen LogP contribution in [-0.2, 0) is 19.0 Å². The van der Waals surface area contributed by atoms with Crippen LogP contribution < -0.4 is 0 Å². The van der Waals surface area contributed by atoms with Crippen molar-refractivity contribution in [3.63, 3.8) is 0 Å². The normalized spacial score (nSPS) is 17.6. The molecule has 0 radical (unpaired) electrons. The van der Waals surface area contributed by atoms with Crippen LogP contribution in [0.5, 0.6) is 0 Å². The molecule has 1 unspecified atom stereocenters. The van der Waals surface area contributed by atoms with Crippen molar-refractivity contribution in [2.45, 2.75) is 77.6 Å². The fraction of sp³-hybridized carbons (Fsp3) is 0.933. The molecule has 0 bridgehead atoms. The lowest BCUT2D eigenvalue weighted by molar-refractivity contribution is -0.145. The Kier molecular flexibility index (Phi) is 8.84. The van der Waals surface area contributed by atoms with Gasteiger partial charge in [0.2, 0.25) is 0 Å². The summed E-state index contributed by atoms with van der Waals surface area (Å²) < 4.78 is 15.9. The molecule has 1 aliphatic rings. The molecule has 19 heavy (non-hydrogen) atoms. The highest BCUT2D eigenvalue weighted by molar-refractivity contribution is 5.66. The first kappa shape index (κ1) is 16.4. The summed E-state index contributed by atoms with van der Waals surface area (Å²) in [5.41, 5.74) is 0.